The van der Waals surface area contributed by atoms with Gasteiger partial charge in [0.25, 0.3) is 0 Å². The Kier molecular flexibility index (Phi) is 7.79. The monoisotopic (exact) mass is 569 g/mol. The molecule has 1 aliphatic carbocycles. The Balaban J connectivity index is 0.00000240. The fraction of sp³-hybridized carbons (Fsp3) is 0.455. The second kappa shape index (κ2) is 10.1. The zero-order valence-corrected chi connectivity index (χ0v) is 20.9. The van der Waals surface area contributed by atoms with Crippen molar-refractivity contribution in [3.8, 4) is 0 Å². The number of aliphatic imine (C=N–C) groups is 1. The summed E-state index contributed by atoms with van der Waals surface area (Å²) in [5.41, 5.74) is 2.60. The quantitative estimate of drug-likeness (QED) is 0.324. The van der Waals surface area contributed by atoms with Gasteiger partial charge in [0, 0.05) is 48.8 Å². The second-order valence-electron chi connectivity index (χ2n) is 7.82. The van der Waals surface area contributed by atoms with E-state index in [2.05, 4.69) is 84.8 Å². The van der Waals surface area contributed by atoms with Crippen LogP contribution in [0.2, 0.25) is 0 Å². The number of anilines is 1. The lowest BCUT2D eigenvalue weighted by atomic mass is 10.1. The van der Waals surface area contributed by atoms with Crippen LogP contribution in [0.5, 0.6) is 0 Å². The van der Waals surface area contributed by atoms with Crippen molar-refractivity contribution in [1.82, 2.24) is 15.6 Å². The third kappa shape index (κ3) is 5.84. The van der Waals surface area contributed by atoms with Crippen molar-refractivity contribution < 1.29 is 0 Å². The molecule has 1 saturated heterocycles. The molecule has 7 heteroatoms. The molecule has 2 heterocycles. The van der Waals surface area contributed by atoms with Gasteiger partial charge in [0.2, 0.25) is 0 Å². The summed E-state index contributed by atoms with van der Waals surface area (Å²) in [5.74, 6) is 2.60. The van der Waals surface area contributed by atoms with Gasteiger partial charge in [-0.2, -0.15) is 0 Å². The molecule has 1 aromatic carbocycles. The van der Waals surface area contributed by atoms with Crippen LogP contribution in [0.15, 0.2) is 52.1 Å². The van der Waals surface area contributed by atoms with Gasteiger partial charge < -0.3 is 15.5 Å². The van der Waals surface area contributed by atoms with E-state index in [1.165, 1.54) is 17.5 Å². The smallest absolute Gasteiger partial charge is 0.191 e. The fourth-order valence-electron chi connectivity index (χ4n) is 3.87. The van der Waals surface area contributed by atoms with Crippen LogP contribution < -0.4 is 15.5 Å². The van der Waals surface area contributed by atoms with Gasteiger partial charge in [0.15, 0.2) is 5.96 Å². The molecule has 2 aromatic rings. The minimum atomic E-state index is 0. The summed E-state index contributed by atoms with van der Waals surface area (Å²) in [5, 5.41) is 7.22. The number of hydrogen-bond acceptors (Lipinski definition) is 3. The summed E-state index contributed by atoms with van der Waals surface area (Å²) in [6.07, 6.45) is 5.30. The Morgan fingerprint density at radius 1 is 1.10 bits per heavy atom. The largest absolute Gasteiger partial charge is 0.356 e. The van der Waals surface area contributed by atoms with E-state index in [0.717, 1.165) is 42.2 Å². The van der Waals surface area contributed by atoms with Crippen LogP contribution in [0, 0.1) is 6.92 Å². The van der Waals surface area contributed by atoms with Gasteiger partial charge in [0.05, 0.1) is 0 Å². The molecule has 0 spiro atoms. The van der Waals surface area contributed by atoms with E-state index in [9.17, 15) is 0 Å². The van der Waals surface area contributed by atoms with Gasteiger partial charge in [0.1, 0.15) is 5.82 Å². The van der Waals surface area contributed by atoms with Crippen LogP contribution in [0.25, 0.3) is 0 Å². The van der Waals surface area contributed by atoms with Crippen LogP contribution in [-0.2, 0) is 0 Å². The van der Waals surface area contributed by atoms with Crippen molar-refractivity contribution in [2.24, 2.45) is 4.99 Å². The first-order valence-corrected chi connectivity index (χ1v) is 10.8. The number of nitrogens with zero attached hydrogens (tertiary/aromatic N) is 3. The third-order valence-electron chi connectivity index (χ3n) is 5.69. The molecule has 29 heavy (non-hydrogen) atoms. The van der Waals surface area contributed by atoms with Gasteiger partial charge in [-0.1, -0.05) is 34.1 Å². The highest BCUT2D eigenvalue weighted by Gasteiger charge is 2.39. The Morgan fingerprint density at radius 3 is 2.45 bits per heavy atom. The molecule has 0 radical (unpaired) electrons. The van der Waals surface area contributed by atoms with Crippen LogP contribution in [0.4, 0.5) is 5.82 Å². The van der Waals surface area contributed by atoms with Gasteiger partial charge in [-0.05, 0) is 55.5 Å². The Labute approximate surface area is 198 Å². The summed E-state index contributed by atoms with van der Waals surface area (Å²) >= 11 is 3.51. The highest BCUT2D eigenvalue weighted by Crippen LogP contribution is 2.41. The number of aryl methyl sites for hydroxylation is 1. The average molecular weight is 570 g/mol. The predicted octanol–water partition coefficient (Wildman–Crippen LogP) is 4.46. The SMILES string of the molecule is CN=C(NC1CCN(c2ccc(C)cn2)CC1)NC1CC1c1ccc(Br)cc1.I. The highest BCUT2D eigenvalue weighted by atomic mass is 127. The topological polar surface area (TPSA) is 52.6 Å². The van der Waals surface area contributed by atoms with Crippen molar-refractivity contribution in [2.75, 3.05) is 25.0 Å². The molecule has 2 aliphatic rings. The van der Waals surface area contributed by atoms with E-state index < -0.39 is 0 Å². The van der Waals surface area contributed by atoms with Crippen molar-refractivity contribution in [3.05, 3.63) is 58.2 Å². The molecule has 0 amide bonds. The maximum Gasteiger partial charge on any atom is 0.191 e. The average Bonchev–Trinajstić information content (AvgIpc) is 3.48. The van der Waals surface area contributed by atoms with Crippen molar-refractivity contribution in [3.63, 3.8) is 0 Å². The molecule has 2 fully saturated rings. The summed E-state index contributed by atoms with van der Waals surface area (Å²) in [6.45, 7) is 4.12. The van der Waals surface area contributed by atoms with Crippen LogP contribution >= 0.6 is 39.9 Å². The molecule has 1 aliphatic heterocycles. The summed E-state index contributed by atoms with van der Waals surface area (Å²) in [4.78, 5) is 11.4. The number of aromatic nitrogens is 1. The lowest BCUT2D eigenvalue weighted by molar-refractivity contribution is 0.459. The number of nitrogens with one attached hydrogen (secondary N) is 2. The van der Waals surface area contributed by atoms with E-state index in [0.29, 0.717) is 18.0 Å². The van der Waals surface area contributed by atoms with Crippen LogP contribution in [0.3, 0.4) is 0 Å². The maximum absolute atomic E-state index is 4.56. The predicted molar refractivity (Wildman–Crippen MR) is 135 cm³/mol. The Bertz CT molecular complexity index is 816. The van der Waals surface area contributed by atoms with Gasteiger partial charge in [-0.3, -0.25) is 4.99 Å². The Hall–Kier alpha value is -1.35. The normalized spacial score (nSPS) is 22.0. The van der Waals surface area contributed by atoms with E-state index in [4.69, 9.17) is 0 Å². The van der Waals surface area contributed by atoms with Gasteiger partial charge in [-0.25, -0.2) is 4.98 Å². The lowest BCUT2D eigenvalue weighted by Gasteiger charge is -2.33. The van der Waals surface area contributed by atoms with E-state index in [1.807, 2.05) is 13.2 Å². The highest BCUT2D eigenvalue weighted by molar-refractivity contribution is 14.0. The number of guanidine groups is 1. The van der Waals surface area contributed by atoms with Gasteiger partial charge >= 0.3 is 0 Å². The molecule has 5 nitrogen and oxygen atoms in total. The third-order valence-corrected chi connectivity index (χ3v) is 6.22. The van der Waals surface area contributed by atoms with E-state index in [1.54, 1.807) is 0 Å². The number of benzene rings is 1. The zero-order chi connectivity index (χ0) is 19.5. The standard InChI is InChI=1S/C22H28BrN5.HI/c1-15-3-8-21(25-14-15)28-11-9-18(10-12-28)26-22(24-2)27-20-13-19(20)16-4-6-17(23)7-5-16;/h3-8,14,18-20H,9-13H2,1-2H3,(H2,24,26,27);1H. The first-order valence-electron chi connectivity index (χ1n) is 10.1. The molecule has 2 unspecified atom stereocenters. The molecular weight excluding hydrogens is 541 g/mol. The summed E-state index contributed by atoms with van der Waals surface area (Å²) in [7, 11) is 1.86. The maximum atomic E-state index is 4.56. The van der Waals surface area contributed by atoms with Crippen molar-refractivity contribution in [1.29, 1.82) is 0 Å². The molecule has 2 N–H and O–H groups in total. The first kappa shape index (κ1) is 22.3. The molecular formula is C22H29BrIN5. The molecule has 156 valence electrons. The van der Waals surface area contributed by atoms with E-state index in [-0.39, 0.29) is 24.0 Å². The van der Waals surface area contributed by atoms with Crippen LogP contribution in [0.1, 0.15) is 36.3 Å². The molecule has 1 aromatic heterocycles. The molecule has 2 atom stereocenters. The summed E-state index contributed by atoms with van der Waals surface area (Å²) in [6, 6.07) is 13.8. The minimum Gasteiger partial charge on any atom is -0.356 e. The Morgan fingerprint density at radius 2 is 1.83 bits per heavy atom. The van der Waals surface area contributed by atoms with Crippen molar-refractivity contribution >= 4 is 51.7 Å². The molecule has 0 bridgehead atoms. The number of pyridine rings is 1. The van der Waals surface area contributed by atoms with Crippen molar-refractivity contribution in [2.45, 2.75) is 44.2 Å². The first-order chi connectivity index (χ1) is 13.6. The number of rotatable bonds is 4. The fourth-order valence-corrected chi connectivity index (χ4v) is 4.14. The zero-order valence-electron chi connectivity index (χ0n) is 16.9. The van der Waals surface area contributed by atoms with Crippen LogP contribution in [-0.4, -0.2) is 43.2 Å². The summed E-state index contributed by atoms with van der Waals surface area (Å²) < 4.78 is 1.13. The second-order valence-corrected chi connectivity index (χ2v) is 8.73. The number of halogens is 2. The lowest BCUT2D eigenvalue weighted by Crippen LogP contribution is -2.49. The molecule has 1 saturated carbocycles. The number of hydrogen-bond donors (Lipinski definition) is 2. The molecule has 4 rings (SSSR count). The van der Waals surface area contributed by atoms with E-state index >= 15 is 0 Å². The minimum absolute atomic E-state index is 0. The van der Waals surface area contributed by atoms with Gasteiger partial charge in [-0.15, -0.1) is 24.0 Å². The number of piperidine rings is 1.